The highest BCUT2D eigenvalue weighted by Gasteiger charge is 2.33. The number of ether oxygens (including phenoxy) is 1. The van der Waals surface area contributed by atoms with Crippen LogP contribution in [0.1, 0.15) is 42.3 Å². The lowest BCUT2D eigenvalue weighted by molar-refractivity contribution is 0.0886. The van der Waals surface area contributed by atoms with Crippen molar-refractivity contribution in [3.05, 3.63) is 17.0 Å². The van der Waals surface area contributed by atoms with E-state index in [4.69, 9.17) is 4.74 Å². The van der Waals surface area contributed by atoms with Gasteiger partial charge in [0.05, 0.1) is 11.8 Å². The SMILES string of the molecule is Cc1nn(C)c(C)c1[C@@H]1OCC[C@@H]1CNC1CCSCC1. The minimum absolute atomic E-state index is 0.226. The van der Waals surface area contributed by atoms with E-state index in [2.05, 4.69) is 36.0 Å². The van der Waals surface area contributed by atoms with Crippen molar-refractivity contribution >= 4 is 11.8 Å². The molecule has 1 aromatic heterocycles. The Morgan fingerprint density at radius 3 is 2.71 bits per heavy atom. The number of thioether (sulfide) groups is 1. The summed E-state index contributed by atoms with van der Waals surface area (Å²) >= 11 is 2.09. The van der Waals surface area contributed by atoms with Crippen LogP contribution < -0.4 is 5.32 Å². The molecule has 3 heterocycles. The van der Waals surface area contributed by atoms with Gasteiger partial charge in [-0.15, -0.1) is 0 Å². The summed E-state index contributed by atoms with van der Waals surface area (Å²) in [6, 6.07) is 0.712. The Morgan fingerprint density at radius 2 is 2.05 bits per heavy atom. The monoisotopic (exact) mass is 309 g/mol. The van der Waals surface area contributed by atoms with Crippen LogP contribution in [0.5, 0.6) is 0 Å². The van der Waals surface area contributed by atoms with Gasteiger partial charge in [-0.05, 0) is 44.6 Å². The van der Waals surface area contributed by atoms with Crippen molar-refractivity contribution in [3.63, 3.8) is 0 Å². The first kappa shape index (κ1) is 15.4. The first-order valence-electron chi connectivity index (χ1n) is 8.09. The first-order chi connectivity index (χ1) is 10.2. The minimum atomic E-state index is 0.226. The average molecular weight is 309 g/mol. The molecule has 2 aliphatic rings. The van der Waals surface area contributed by atoms with Crippen LogP contribution in [0.15, 0.2) is 0 Å². The molecule has 0 spiro atoms. The fourth-order valence-electron chi connectivity index (χ4n) is 3.58. The molecule has 2 aliphatic heterocycles. The van der Waals surface area contributed by atoms with Crippen molar-refractivity contribution in [2.24, 2.45) is 13.0 Å². The number of aryl methyl sites for hydroxylation is 2. The number of nitrogens with one attached hydrogen (secondary N) is 1. The maximum atomic E-state index is 6.07. The molecule has 1 aromatic rings. The van der Waals surface area contributed by atoms with Gasteiger partial charge in [-0.1, -0.05) is 0 Å². The summed E-state index contributed by atoms with van der Waals surface area (Å²) in [5, 5.41) is 8.34. The number of hydrogen-bond acceptors (Lipinski definition) is 4. The normalized spacial score (nSPS) is 27.4. The third-order valence-corrected chi connectivity index (χ3v) is 6.00. The molecule has 3 rings (SSSR count). The molecule has 0 bridgehead atoms. The van der Waals surface area contributed by atoms with Crippen molar-refractivity contribution < 1.29 is 4.74 Å². The molecular formula is C16H27N3OS. The Kier molecular flexibility index (Phi) is 4.92. The third-order valence-electron chi connectivity index (χ3n) is 4.95. The van der Waals surface area contributed by atoms with Gasteiger partial charge < -0.3 is 10.1 Å². The summed E-state index contributed by atoms with van der Waals surface area (Å²) in [6.45, 7) is 6.21. The fraction of sp³-hybridized carbons (Fsp3) is 0.812. The summed E-state index contributed by atoms with van der Waals surface area (Å²) in [4.78, 5) is 0. The van der Waals surface area contributed by atoms with Gasteiger partial charge in [0.1, 0.15) is 0 Å². The Balaban J connectivity index is 1.64. The predicted molar refractivity (Wildman–Crippen MR) is 87.8 cm³/mol. The molecule has 118 valence electrons. The molecule has 1 N–H and O–H groups in total. The lowest BCUT2D eigenvalue weighted by Gasteiger charge is -2.26. The van der Waals surface area contributed by atoms with Gasteiger partial charge in [-0.25, -0.2) is 0 Å². The molecule has 0 aromatic carbocycles. The molecule has 0 saturated carbocycles. The number of nitrogens with zero attached hydrogens (tertiary/aromatic N) is 2. The van der Waals surface area contributed by atoms with E-state index in [0.29, 0.717) is 12.0 Å². The molecule has 0 unspecified atom stereocenters. The number of aromatic nitrogens is 2. The number of hydrogen-bond donors (Lipinski definition) is 1. The van der Waals surface area contributed by atoms with Crippen LogP contribution in [0.25, 0.3) is 0 Å². The van der Waals surface area contributed by atoms with Crippen molar-refractivity contribution in [3.8, 4) is 0 Å². The Labute approximate surface area is 132 Å². The van der Waals surface area contributed by atoms with Gasteiger partial charge in [0, 0.05) is 43.4 Å². The van der Waals surface area contributed by atoms with E-state index in [0.717, 1.165) is 25.3 Å². The van der Waals surface area contributed by atoms with Crippen LogP contribution >= 0.6 is 11.8 Å². The Hall–Kier alpha value is -0.520. The van der Waals surface area contributed by atoms with E-state index in [-0.39, 0.29) is 6.10 Å². The highest BCUT2D eigenvalue weighted by Crippen LogP contribution is 2.37. The summed E-state index contributed by atoms with van der Waals surface area (Å²) in [6.07, 6.45) is 4.01. The van der Waals surface area contributed by atoms with Crippen LogP contribution in [0.4, 0.5) is 0 Å². The van der Waals surface area contributed by atoms with Gasteiger partial charge in [0.2, 0.25) is 0 Å². The van der Waals surface area contributed by atoms with E-state index >= 15 is 0 Å². The molecule has 2 atom stereocenters. The van der Waals surface area contributed by atoms with E-state index in [1.807, 2.05) is 11.7 Å². The van der Waals surface area contributed by atoms with E-state index in [1.165, 1.54) is 35.6 Å². The highest BCUT2D eigenvalue weighted by molar-refractivity contribution is 7.99. The van der Waals surface area contributed by atoms with E-state index in [1.54, 1.807) is 0 Å². The Bertz CT molecular complexity index is 482. The van der Waals surface area contributed by atoms with Crippen molar-refractivity contribution in [1.82, 2.24) is 15.1 Å². The average Bonchev–Trinajstić information content (AvgIpc) is 3.03. The lowest BCUT2D eigenvalue weighted by atomic mass is 9.93. The second kappa shape index (κ2) is 6.71. The summed E-state index contributed by atoms with van der Waals surface area (Å²) in [5.41, 5.74) is 3.69. The molecule has 4 nitrogen and oxygen atoms in total. The zero-order valence-electron chi connectivity index (χ0n) is 13.4. The van der Waals surface area contributed by atoms with Crippen molar-refractivity contribution in [2.45, 2.75) is 45.3 Å². The van der Waals surface area contributed by atoms with Gasteiger partial charge in [0.15, 0.2) is 0 Å². The van der Waals surface area contributed by atoms with Crippen LogP contribution in [0.2, 0.25) is 0 Å². The molecule has 0 aliphatic carbocycles. The van der Waals surface area contributed by atoms with E-state index < -0.39 is 0 Å². The van der Waals surface area contributed by atoms with E-state index in [9.17, 15) is 0 Å². The standard InChI is InChI=1S/C16H27N3OS/c1-11-15(12(2)19(3)18-11)16-13(4-7-20-16)10-17-14-5-8-21-9-6-14/h13-14,16-17H,4-10H2,1-3H3/t13-,16-/m1/s1. The molecule has 0 radical (unpaired) electrons. The molecule has 21 heavy (non-hydrogen) atoms. The summed E-state index contributed by atoms with van der Waals surface area (Å²) < 4.78 is 8.05. The van der Waals surface area contributed by atoms with Crippen LogP contribution in [0, 0.1) is 19.8 Å². The summed E-state index contributed by atoms with van der Waals surface area (Å²) in [7, 11) is 2.02. The lowest BCUT2D eigenvalue weighted by Crippen LogP contribution is -2.36. The Morgan fingerprint density at radius 1 is 1.29 bits per heavy atom. The quantitative estimate of drug-likeness (QED) is 0.928. The van der Waals surface area contributed by atoms with Gasteiger partial charge in [-0.2, -0.15) is 16.9 Å². The van der Waals surface area contributed by atoms with Gasteiger partial charge in [0.25, 0.3) is 0 Å². The molecule has 2 fully saturated rings. The van der Waals surface area contributed by atoms with Gasteiger partial charge >= 0.3 is 0 Å². The topological polar surface area (TPSA) is 39.1 Å². The highest BCUT2D eigenvalue weighted by atomic mass is 32.2. The maximum Gasteiger partial charge on any atom is 0.0901 e. The molecule has 2 saturated heterocycles. The zero-order chi connectivity index (χ0) is 14.8. The fourth-order valence-corrected chi connectivity index (χ4v) is 4.69. The second-order valence-electron chi connectivity index (χ2n) is 6.34. The zero-order valence-corrected chi connectivity index (χ0v) is 14.2. The smallest absolute Gasteiger partial charge is 0.0901 e. The molecular weight excluding hydrogens is 282 g/mol. The van der Waals surface area contributed by atoms with Crippen LogP contribution in [-0.4, -0.2) is 40.5 Å². The minimum Gasteiger partial charge on any atom is -0.373 e. The van der Waals surface area contributed by atoms with Gasteiger partial charge in [-0.3, -0.25) is 4.68 Å². The largest absolute Gasteiger partial charge is 0.373 e. The summed E-state index contributed by atoms with van der Waals surface area (Å²) in [5.74, 6) is 3.20. The van der Waals surface area contributed by atoms with Crippen molar-refractivity contribution in [2.75, 3.05) is 24.7 Å². The van der Waals surface area contributed by atoms with Crippen molar-refractivity contribution in [1.29, 1.82) is 0 Å². The first-order valence-corrected chi connectivity index (χ1v) is 9.25. The molecule has 0 amide bonds. The van der Waals surface area contributed by atoms with Crippen LogP contribution in [0.3, 0.4) is 0 Å². The van der Waals surface area contributed by atoms with Crippen LogP contribution in [-0.2, 0) is 11.8 Å². The number of rotatable bonds is 4. The second-order valence-corrected chi connectivity index (χ2v) is 7.57. The third kappa shape index (κ3) is 3.30. The predicted octanol–water partition coefficient (Wildman–Crippen LogP) is 2.60. The maximum absolute atomic E-state index is 6.07. The molecule has 5 heteroatoms.